The molecule has 1 saturated heterocycles. The zero-order chi connectivity index (χ0) is 13.7. The van der Waals surface area contributed by atoms with Crippen molar-refractivity contribution in [3.8, 4) is 0 Å². The lowest BCUT2D eigenvalue weighted by Gasteiger charge is -2.32. The van der Waals surface area contributed by atoms with Gasteiger partial charge in [-0.15, -0.1) is 0 Å². The van der Waals surface area contributed by atoms with Crippen LogP contribution in [0, 0.1) is 0 Å². The lowest BCUT2D eigenvalue weighted by Crippen LogP contribution is -2.43. The second-order valence-electron chi connectivity index (χ2n) is 5.23. The summed E-state index contributed by atoms with van der Waals surface area (Å²) in [6, 6.07) is 8.43. The first-order valence-electron chi connectivity index (χ1n) is 6.85. The van der Waals surface area contributed by atoms with E-state index in [1.54, 1.807) is 6.92 Å². The summed E-state index contributed by atoms with van der Waals surface area (Å²) >= 11 is 0. The van der Waals surface area contributed by atoms with Gasteiger partial charge in [-0.2, -0.15) is 0 Å². The molecule has 1 aliphatic heterocycles. The normalized spacial score (nSPS) is 17.4. The molecule has 0 spiro atoms. The van der Waals surface area contributed by atoms with E-state index in [0.29, 0.717) is 6.04 Å². The Hall–Kier alpha value is -1.39. The Morgan fingerprint density at radius 2 is 1.84 bits per heavy atom. The predicted molar refractivity (Wildman–Crippen MR) is 74.5 cm³/mol. The zero-order valence-corrected chi connectivity index (χ0v) is 11.4. The first kappa shape index (κ1) is 14.0. The number of benzene rings is 1. The Labute approximate surface area is 114 Å². The SMILES string of the molecule is CC(=O)NC1CCN(Cc2ccc(CO)cc2)CC1. The van der Waals surface area contributed by atoms with Crippen LogP contribution in [0.1, 0.15) is 30.9 Å². The number of likely N-dealkylation sites (tertiary alicyclic amines) is 1. The van der Waals surface area contributed by atoms with Crippen molar-refractivity contribution in [3.05, 3.63) is 35.4 Å². The summed E-state index contributed by atoms with van der Waals surface area (Å²) in [6.07, 6.45) is 2.04. The van der Waals surface area contributed by atoms with E-state index in [1.807, 2.05) is 12.1 Å². The highest BCUT2D eigenvalue weighted by Crippen LogP contribution is 2.14. The van der Waals surface area contributed by atoms with Gasteiger partial charge in [-0.05, 0) is 24.0 Å². The summed E-state index contributed by atoms with van der Waals surface area (Å²) in [6.45, 7) is 4.66. The fraction of sp³-hybridized carbons (Fsp3) is 0.533. The summed E-state index contributed by atoms with van der Waals surface area (Å²) < 4.78 is 0. The molecule has 1 aromatic rings. The van der Waals surface area contributed by atoms with Crippen LogP contribution in [-0.4, -0.2) is 35.0 Å². The van der Waals surface area contributed by atoms with Crippen LogP contribution in [0.3, 0.4) is 0 Å². The summed E-state index contributed by atoms with van der Waals surface area (Å²) in [4.78, 5) is 13.4. The molecule has 1 fully saturated rings. The van der Waals surface area contributed by atoms with Crippen LogP contribution in [-0.2, 0) is 17.9 Å². The predicted octanol–water partition coefficient (Wildman–Crippen LogP) is 1.28. The maximum absolute atomic E-state index is 11.0. The van der Waals surface area contributed by atoms with Crippen molar-refractivity contribution >= 4 is 5.91 Å². The Morgan fingerprint density at radius 3 is 2.37 bits per heavy atom. The largest absolute Gasteiger partial charge is 0.392 e. The first-order chi connectivity index (χ1) is 9.17. The number of nitrogens with one attached hydrogen (secondary N) is 1. The molecule has 1 aliphatic rings. The Kier molecular flexibility index (Phi) is 4.93. The molecule has 0 aromatic heterocycles. The van der Waals surface area contributed by atoms with Gasteiger partial charge in [0.05, 0.1) is 6.61 Å². The number of rotatable bonds is 4. The van der Waals surface area contributed by atoms with Crippen LogP contribution in [0.4, 0.5) is 0 Å². The summed E-state index contributed by atoms with van der Waals surface area (Å²) in [7, 11) is 0. The number of piperidine rings is 1. The minimum atomic E-state index is 0.0676. The van der Waals surface area contributed by atoms with E-state index in [2.05, 4.69) is 22.3 Å². The summed E-state index contributed by atoms with van der Waals surface area (Å²) in [5.41, 5.74) is 2.23. The minimum Gasteiger partial charge on any atom is -0.392 e. The van der Waals surface area contributed by atoms with Gasteiger partial charge < -0.3 is 10.4 Å². The third kappa shape index (κ3) is 4.33. The molecule has 0 bridgehead atoms. The highest BCUT2D eigenvalue weighted by Gasteiger charge is 2.19. The molecule has 0 radical (unpaired) electrons. The Morgan fingerprint density at radius 1 is 1.26 bits per heavy atom. The maximum atomic E-state index is 11.0. The number of carbonyl (C=O) groups excluding carboxylic acids is 1. The van der Waals surface area contributed by atoms with Crippen molar-refractivity contribution < 1.29 is 9.90 Å². The quantitative estimate of drug-likeness (QED) is 0.859. The lowest BCUT2D eigenvalue weighted by atomic mass is 10.0. The average molecular weight is 262 g/mol. The third-order valence-corrected chi connectivity index (χ3v) is 3.61. The van der Waals surface area contributed by atoms with Crippen LogP contribution in [0.5, 0.6) is 0 Å². The van der Waals surface area contributed by atoms with Crippen molar-refractivity contribution in [2.45, 2.75) is 39.0 Å². The van der Waals surface area contributed by atoms with E-state index >= 15 is 0 Å². The zero-order valence-electron chi connectivity index (χ0n) is 11.4. The number of aliphatic hydroxyl groups excluding tert-OH is 1. The molecule has 2 N–H and O–H groups in total. The standard InChI is InChI=1S/C15H22N2O2/c1-12(19)16-15-6-8-17(9-7-15)10-13-2-4-14(11-18)5-3-13/h2-5,15,18H,6-11H2,1H3,(H,16,19). The van der Waals surface area contributed by atoms with Gasteiger partial charge >= 0.3 is 0 Å². The number of hydrogen-bond donors (Lipinski definition) is 2. The van der Waals surface area contributed by atoms with Crippen molar-refractivity contribution in [1.29, 1.82) is 0 Å². The van der Waals surface area contributed by atoms with E-state index in [9.17, 15) is 4.79 Å². The molecule has 0 saturated carbocycles. The van der Waals surface area contributed by atoms with Gasteiger partial charge in [-0.25, -0.2) is 0 Å². The van der Waals surface area contributed by atoms with Gasteiger partial charge in [0.25, 0.3) is 0 Å². The average Bonchev–Trinajstić information content (AvgIpc) is 2.41. The molecule has 0 unspecified atom stereocenters. The van der Waals surface area contributed by atoms with Crippen LogP contribution in [0.2, 0.25) is 0 Å². The van der Waals surface area contributed by atoms with E-state index in [4.69, 9.17) is 5.11 Å². The van der Waals surface area contributed by atoms with Crippen LogP contribution in [0.25, 0.3) is 0 Å². The maximum Gasteiger partial charge on any atom is 0.217 e. The van der Waals surface area contributed by atoms with Crippen LogP contribution in [0.15, 0.2) is 24.3 Å². The number of nitrogens with zero attached hydrogens (tertiary/aromatic N) is 1. The smallest absolute Gasteiger partial charge is 0.217 e. The van der Waals surface area contributed by atoms with Crippen LogP contribution < -0.4 is 5.32 Å². The molecular formula is C15H22N2O2. The van der Waals surface area contributed by atoms with Crippen molar-refractivity contribution in [2.24, 2.45) is 0 Å². The van der Waals surface area contributed by atoms with Gasteiger partial charge in [0.2, 0.25) is 5.91 Å². The van der Waals surface area contributed by atoms with Crippen molar-refractivity contribution in [3.63, 3.8) is 0 Å². The fourth-order valence-electron chi connectivity index (χ4n) is 2.53. The highest BCUT2D eigenvalue weighted by atomic mass is 16.3. The van der Waals surface area contributed by atoms with Gasteiger partial charge in [0.15, 0.2) is 0 Å². The number of aliphatic hydroxyl groups is 1. The van der Waals surface area contributed by atoms with Crippen LogP contribution >= 0.6 is 0 Å². The van der Waals surface area contributed by atoms with Gasteiger partial charge in [0.1, 0.15) is 0 Å². The topological polar surface area (TPSA) is 52.6 Å². The highest BCUT2D eigenvalue weighted by molar-refractivity contribution is 5.73. The summed E-state index contributed by atoms with van der Waals surface area (Å²) in [5.74, 6) is 0.0676. The van der Waals surface area contributed by atoms with E-state index < -0.39 is 0 Å². The molecule has 0 atom stereocenters. The van der Waals surface area contributed by atoms with E-state index in [1.165, 1.54) is 5.56 Å². The molecule has 1 amide bonds. The fourth-order valence-corrected chi connectivity index (χ4v) is 2.53. The molecule has 4 heteroatoms. The van der Waals surface area contributed by atoms with Gasteiger partial charge in [-0.3, -0.25) is 9.69 Å². The molecule has 104 valence electrons. The number of carbonyl (C=O) groups is 1. The minimum absolute atomic E-state index is 0.0676. The van der Waals surface area contributed by atoms with E-state index in [-0.39, 0.29) is 12.5 Å². The molecule has 2 rings (SSSR count). The third-order valence-electron chi connectivity index (χ3n) is 3.61. The second-order valence-corrected chi connectivity index (χ2v) is 5.23. The number of amides is 1. The van der Waals surface area contributed by atoms with Gasteiger partial charge in [0, 0.05) is 32.6 Å². The Bertz CT molecular complexity index is 409. The molecule has 0 aliphatic carbocycles. The molecule has 4 nitrogen and oxygen atoms in total. The molecular weight excluding hydrogens is 240 g/mol. The molecule has 1 heterocycles. The van der Waals surface area contributed by atoms with Crippen molar-refractivity contribution in [2.75, 3.05) is 13.1 Å². The Balaban J connectivity index is 1.80. The lowest BCUT2D eigenvalue weighted by molar-refractivity contribution is -0.119. The molecule has 19 heavy (non-hydrogen) atoms. The second kappa shape index (κ2) is 6.68. The van der Waals surface area contributed by atoms with Crippen molar-refractivity contribution in [1.82, 2.24) is 10.2 Å². The van der Waals surface area contributed by atoms with Gasteiger partial charge in [-0.1, -0.05) is 24.3 Å². The van der Waals surface area contributed by atoms with E-state index in [0.717, 1.165) is 38.0 Å². The summed E-state index contributed by atoms with van der Waals surface area (Å²) in [5, 5.41) is 12.0. The number of hydrogen-bond acceptors (Lipinski definition) is 3. The monoisotopic (exact) mass is 262 g/mol. The first-order valence-corrected chi connectivity index (χ1v) is 6.85. The molecule has 1 aromatic carbocycles.